The smallest absolute Gasteiger partial charge is 0.344 e. The van der Waals surface area contributed by atoms with Gasteiger partial charge in [-0.15, -0.1) is 0 Å². The van der Waals surface area contributed by atoms with Gasteiger partial charge in [-0.2, -0.15) is 0 Å². The monoisotopic (exact) mass is 395 g/mol. The molecule has 5 nitrogen and oxygen atoms in total. The summed E-state index contributed by atoms with van der Waals surface area (Å²) in [7, 11) is 1.59. The molecule has 0 amide bonds. The van der Waals surface area contributed by atoms with Crippen molar-refractivity contribution in [3.05, 3.63) is 75.9 Å². The predicted octanol–water partition coefficient (Wildman–Crippen LogP) is 5.20. The number of carbonyl (C=O) groups excluding carboxylic acids is 1. The number of ether oxygens (including phenoxy) is 2. The van der Waals surface area contributed by atoms with Gasteiger partial charge in [-0.25, -0.2) is 9.79 Å². The Hall–Kier alpha value is -2.99. The number of aliphatic hydroxyl groups is 1. The zero-order chi connectivity index (χ0) is 20.1. The minimum Gasteiger partial charge on any atom is -0.506 e. The van der Waals surface area contributed by atoms with Gasteiger partial charge in [0, 0.05) is 5.56 Å². The van der Waals surface area contributed by atoms with Crippen LogP contribution in [0, 0.1) is 6.92 Å². The fraction of sp³-hybridized carbons (Fsp3) is 0.182. The number of hydrogen-bond acceptors (Lipinski definition) is 6. The first-order chi connectivity index (χ1) is 13.5. The van der Waals surface area contributed by atoms with Crippen LogP contribution >= 0.6 is 11.8 Å². The summed E-state index contributed by atoms with van der Waals surface area (Å²) in [5, 5.41) is 11.1. The molecule has 0 bridgehead atoms. The van der Waals surface area contributed by atoms with E-state index in [1.807, 2.05) is 55.5 Å². The molecule has 0 radical (unpaired) electrons. The first-order valence-corrected chi connectivity index (χ1v) is 9.64. The summed E-state index contributed by atoms with van der Waals surface area (Å²) >= 11 is 1.22. The number of aliphatic imine (C=N–C) groups is 1. The van der Waals surface area contributed by atoms with E-state index >= 15 is 0 Å². The molecular weight excluding hydrogens is 374 g/mol. The third-order valence-electron chi connectivity index (χ3n) is 4.06. The molecule has 1 heterocycles. The van der Waals surface area contributed by atoms with E-state index < -0.39 is 5.97 Å². The van der Waals surface area contributed by atoms with Crippen LogP contribution < -0.4 is 4.74 Å². The molecule has 0 aromatic heterocycles. The summed E-state index contributed by atoms with van der Waals surface area (Å²) in [6.45, 7) is 3.93. The normalized spacial score (nSPS) is 16.7. The third kappa shape index (κ3) is 4.28. The highest BCUT2D eigenvalue weighted by atomic mass is 32.2. The molecule has 3 rings (SSSR count). The zero-order valence-electron chi connectivity index (χ0n) is 15.9. The molecule has 2 aromatic rings. The number of thioether (sulfide) groups is 1. The van der Waals surface area contributed by atoms with Gasteiger partial charge in [-0.3, -0.25) is 0 Å². The molecule has 1 aliphatic heterocycles. The minimum absolute atomic E-state index is 0.0774. The topological polar surface area (TPSA) is 68.1 Å². The zero-order valence-corrected chi connectivity index (χ0v) is 16.7. The van der Waals surface area contributed by atoms with Crippen LogP contribution in [-0.2, 0) is 9.53 Å². The van der Waals surface area contributed by atoms with Crippen LogP contribution in [0.4, 0.5) is 5.69 Å². The van der Waals surface area contributed by atoms with Gasteiger partial charge in [-0.05, 0) is 38.1 Å². The third-order valence-corrected chi connectivity index (χ3v) is 5.08. The number of aryl methyl sites for hydroxylation is 1. The summed E-state index contributed by atoms with van der Waals surface area (Å²) in [5.41, 5.74) is 2.68. The molecule has 0 saturated heterocycles. The summed E-state index contributed by atoms with van der Waals surface area (Å²) in [4.78, 5) is 17.5. The van der Waals surface area contributed by atoms with Crippen molar-refractivity contribution in [2.45, 2.75) is 13.8 Å². The average molecular weight is 395 g/mol. The van der Waals surface area contributed by atoms with Crippen molar-refractivity contribution < 1.29 is 19.4 Å². The maximum Gasteiger partial charge on any atom is 0.344 e. The maximum absolute atomic E-state index is 12.4. The van der Waals surface area contributed by atoms with E-state index in [0.717, 1.165) is 11.1 Å². The number of aliphatic hydroxyl groups excluding tert-OH is 1. The quantitative estimate of drug-likeness (QED) is 0.705. The fourth-order valence-electron chi connectivity index (χ4n) is 2.66. The molecule has 0 spiro atoms. The van der Waals surface area contributed by atoms with Crippen molar-refractivity contribution in [3.63, 3.8) is 0 Å². The first-order valence-electron chi connectivity index (χ1n) is 8.82. The van der Waals surface area contributed by atoms with Crippen molar-refractivity contribution in [2.24, 2.45) is 4.99 Å². The second-order valence-corrected chi connectivity index (χ2v) is 7.08. The lowest BCUT2D eigenvalue weighted by Crippen LogP contribution is -2.12. The standard InChI is InChI=1S/C22H21NO4S/c1-4-27-22(25)19-20(24)18(13-15-7-5-6-8-17(15)26-3)28-21(19)23-16-11-9-14(2)10-12-16/h5-13,24H,4H2,1-3H3/b18-13-,23-21?. The van der Waals surface area contributed by atoms with Crippen molar-refractivity contribution in [2.75, 3.05) is 13.7 Å². The van der Waals surface area contributed by atoms with Gasteiger partial charge in [-0.1, -0.05) is 47.7 Å². The maximum atomic E-state index is 12.4. The Bertz CT molecular complexity index is 974. The Morgan fingerprint density at radius 2 is 1.89 bits per heavy atom. The minimum atomic E-state index is -0.596. The average Bonchev–Trinajstić information content (AvgIpc) is 2.99. The molecule has 6 heteroatoms. The lowest BCUT2D eigenvalue weighted by atomic mass is 10.1. The first kappa shape index (κ1) is 19.8. The predicted molar refractivity (Wildman–Crippen MR) is 113 cm³/mol. The number of hydrogen-bond donors (Lipinski definition) is 1. The number of benzene rings is 2. The number of rotatable bonds is 5. The Labute approximate surface area is 168 Å². The molecule has 1 N–H and O–H groups in total. The van der Waals surface area contributed by atoms with Gasteiger partial charge in [0.15, 0.2) is 0 Å². The van der Waals surface area contributed by atoms with Crippen LogP contribution in [-0.4, -0.2) is 29.8 Å². The van der Waals surface area contributed by atoms with Gasteiger partial charge < -0.3 is 14.6 Å². The number of para-hydroxylation sites is 1. The van der Waals surface area contributed by atoms with Crippen LogP contribution in [0.3, 0.4) is 0 Å². The lowest BCUT2D eigenvalue weighted by molar-refractivity contribution is -0.138. The Balaban J connectivity index is 2.06. The molecule has 0 atom stereocenters. The second-order valence-electron chi connectivity index (χ2n) is 6.05. The number of carbonyl (C=O) groups is 1. The molecule has 0 saturated carbocycles. The highest BCUT2D eigenvalue weighted by Gasteiger charge is 2.33. The summed E-state index contributed by atoms with van der Waals surface area (Å²) in [6, 6.07) is 15.1. The van der Waals surface area contributed by atoms with Gasteiger partial charge >= 0.3 is 5.97 Å². The van der Waals surface area contributed by atoms with Gasteiger partial charge in [0.05, 0.1) is 24.3 Å². The Kier molecular flexibility index (Phi) is 6.21. The molecule has 0 aliphatic carbocycles. The van der Waals surface area contributed by atoms with E-state index in [4.69, 9.17) is 9.47 Å². The van der Waals surface area contributed by atoms with Gasteiger partial charge in [0.2, 0.25) is 0 Å². The molecular formula is C22H21NO4S. The van der Waals surface area contributed by atoms with Crippen LogP contribution in [0.5, 0.6) is 5.75 Å². The van der Waals surface area contributed by atoms with Crippen molar-refractivity contribution in [1.82, 2.24) is 0 Å². The van der Waals surface area contributed by atoms with Gasteiger partial charge in [0.1, 0.15) is 22.1 Å². The number of nitrogens with zero attached hydrogens (tertiary/aromatic N) is 1. The molecule has 0 fully saturated rings. The number of esters is 1. The van der Waals surface area contributed by atoms with Crippen molar-refractivity contribution in [1.29, 1.82) is 0 Å². The van der Waals surface area contributed by atoms with E-state index in [1.54, 1.807) is 20.1 Å². The van der Waals surface area contributed by atoms with E-state index in [1.165, 1.54) is 11.8 Å². The van der Waals surface area contributed by atoms with Crippen LogP contribution in [0.25, 0.3) is 6.08 Å². The lowest BCUT2D eigenvalue weighted by Gasteiger charge is -2.05. The molecule has 2 aromatic carbocycles. The molecule has 28 heavy (non-hydrogen) atoms. The Morgan fingerprint density at radius 3 is 2.57 bits per heavy atom. The molecule has 1 aliphatic rings. The van der Waals surface area contributed by atoms with Gasteiger partial charge in [0.25, 0.3) is 0 Å². The fourth-order valence-corrected chi connectivity index (χ4v) is 3.68. The number of methoxy groups -OCH3 is 1. The highest BCUT2D eigenvalue weighted by Crippen LogP contribution is 2.41. The van der Waals surface area contributed by atoms with E-state index in [9.17, 15) is 9.90 Å². The SMILES string of the molecule is CCOC(=O)C1=C(O)/C(=C/c2ccccc2OC)SC1=Nc1ccc(C)cc1. The van der Waals surface area contributed by atoms with E-state index in [-0.39, 0.29) is 17.9 Å². The largest absolute Gasteiger partial charge is 0.506 e. The van der Waals surface area contributed by atoms with Crippen LogP contribution in [0.2, 0.25) is 0 Å². The summed E-state index contributed by atoms with van der Waals surface area (Å²) in [5.74, 6) is -0.0629. The van der Waals surface area contributed by atoms with Crippen LogP contribution in [0.1, 0.15) is 18.1 Å². The molecule has 0 unspecified atom stereocenters. The highest BCUT2D eigenvalue weighted by molar-refractivity contribution is 8.18. The Morgan fingerprint density at radius 1 is 1.18 bits per heavy atom. The van der Waals surface area contributed by atoms with E-state index in [0.29, 0.717) is 21.4 Å². The van der Waals surface area contributed by atoms with Crippen molar-refractivity contribution in [3.8, 4) is 5.75 Å². The summed E-state index contributed by atoms with van der Waals surface area (Å²) < 4.78 is 10.5. The second kappa shape index (κ2) is 8.80. The summed E-state index contributed by atoms with van der Waals surface area (Å²) in [6.07, 6.45) is 1.77. The molecule has 144 valence electrons. The van der Waals surface area contributed by atoms with Crippen LogP contribution in [0.15, 0.2) is 69.8 Å². The van der Waals surface area contributed by atoms with Crippen molar-refractivity contribution >= 4 is 34.5 Å². The van der Waals surface area contributed by atoms with E-state index in [2.05, 4.69) is 4.99 Å².